The fraction of sp³-hybridized carbons (Fsp3) is 0.912. The summed E-state index contributed by atoms with van der Waals surface area (Å²) in [5.74, 6) is 2.07. The molecule has 0 radical (unpaired) electrons. The molecule has 0 unspecified atom stereocenters. The van der Waals surface area contributed by atoms with Crippen molar-refractivity contribution in [1.29, 1.82) is 0 Å². The highest BCUT2D eigenvalue weighted by Crippen LogP contribution is 2.67. The first-order chi connectivity index (χ1) is 22.5. The van der Waals surface area contributed by atoms with Crippen LogP contribution in [0.1, 0.15) is 72.1 Å². The van der Waals surface area contributed by atoms with E-state index in [1.807, 2.05) is 0 Å². The molecule has 0 heterocycles. The predicted octanol–water partition coefficient (Wildman–Crippen LogP) is 2.49. The van der Waals surface area contributed by atoms with E-state index in [0.717, 1.165) is 45.1 Å². The lowest BCUT2D eigenvalue weighted by molar-refractivity contribution is -0.374. The quantitative estimate of drug-likeness (QED) is 0.0791. The Morgan fingerprint density at radius 1 is 0.894 bits per heavy atom. The summed E-state index contributed by atoms with van der Waals surface area (Å²) in [6.07, 6.45) is 9.17. The number of nitrogens with one attached hydrogen (secondary N) is 1. The summed E-state index contributed by atoms with van der Waals surface area (Å²) < 4.78 is 65.9. The van der Waals surface area contributed by atoms with Gasteiger partial charge < -0.3 is 39.3 Å². The Bertz CT molecular complexity index is 1120. The first kappa shape index (κ1) is 38.6. The Kier molecular flexibility index (Phi) is 15.0. The number of quaternary nitrogens is 1. The van der Waals surface area contributed by atoms with Crippen LogP contribution in [0.5, 0.6) is 0 Å². The van der Waals surface area contributed by atoms with Gasteiger partial charge in [-0.25, -0.2) is 8.42 Å². The maximum atomic E-state index is 13.2. The number of fused-ring (bicyclic) bond motifs is 5. The minimum absolute atomic E-state index is 0.0220. The van der Waals surface area contributed by atoms with Crippen LogP contribution in [0, 0.1) is 40.4 Å². The minimum Gasteiger partial charge on any atom is -0.726 e. The molecule has 272 valence electrons. The van der Waals surface area contributed by atoms with E-state index in [0.29, 0.717) is 109 Å². The van der Waals surface area contributed by atoms with E-state index in [2.05, 4.69) is 37.9 Å². The molecule has 0 saturated heterocycles. The molecule has 12 nitrogen and oxygen atoms in total. The van der Waals surface area contributed by atoms with Crippen molar-refractivity contribution in [2.75, 3.05) is 79.2 Å². The Morgan fingerprint density at radius 3 is 2.09 bits per heavy atom. The third kappa shape index (κ3) is 10.4. The molecule has 1 amide bonds. The van der Waals surface area contributed by atoms with Gasteiger partial charge >= 0.3 is 0 Å². The first-order valence-corrected chi connectivity index (χ1v) is 19.1. The van der Waals surface area contributed by atoms with Crippen molar-refractivity contribution in [3.63, 3.8) is 0 Å². The number of amides is 1. The largest absolute Gasteiger partial charge is 0.726 e. The van der Waals surface area contributed by atoms with Crippen LogP contribution < -0.4 is 11.1 Å². The second-order valence-electron chi connectivity index (χ2n) is 14.4. The third-order valence-corrected chi connectivity index (χ3v) is 12.2. The Morgan fingerprint density at radius 2 is 1.49 bits per heavy atom. The molecular weight excluding hydrogens is 628 g/mol. The lowest BCUT2D eigenvalue weighted by Gasteiger charge is -2.58. The van der Waals surface area contributed by atoms with Crippen molar-refractivity contribution in [2.45, 2.75) is 78.2 Å². The van der Waals surface area contributed by atoms with Gasteiger partial charge in [-0.15, -0.1) is 0 Å². The number of hydrogen-bond donors (Lipinski definition) is 2. The molecule has 3 fully saturated rings. The number of hydrogen-bond acceptors (Lipinski definition) is 10. The molecular formula is C34H60N2O10S. The molecule has 47 heavy (non-hydrogen) atoms. The fourth-order valence-electron chi connectivity index (χ4n) is 9.41. The summed E-state index contributed by atoms with van der Waals surface area (Å²) >= 11 is 0. The number of carbonyl (C=O) groups excluding carboxylic acids is 1. The lowest BCUT2D eigenvalue weighted by Crippen LogP contribution is -2.52. The summed E-state index contributed by atoms with van der Waals surface area (Å²) in [5, 5.41) is 3.11. The van der Waals surface area contributed by atoms with Gasteiger partial charge in [0.2, 0.25) is 16.3 Å². The van der Waals surface area contributed by atoms with Crippen LogP contribution in [0.15, 0.2) is 11.6 Å². The van der Waals surface area contributed by atoms with Crippen molar-refractivity contribution in [2.24, 2.45) is 40.4 Å². The van der Waals surface area contributed by atoms with Gasteiger partial charge in [-0.1, -0.05) is 32.4 Å². The Labute approximate surface area is 282 Å². The number of ether oxygens (including phenoxy) is 5. The normalized spacial score (nSPS) is 32.6. The van der Waals surface area contributed by atoms with Gasteiger partial charge in [0.25, 0.3) is 0 Å². The first-order valence-electron chi connectivity index (χ1n) is 17.8. The van der Waals surface area contributed by atoms with Gasteiger partial charge in [0.1, 0.15) is 0 Å². The van der Waals surface area contributed by atoms with Crippen LogP contribution in [-0.4, -0.2) is 104 Å². The van der Waals surface area contributed by atoms with Gasteiger partial charge in [-0.2, -0.15) is 0 Å². The average Bonchev–Trinajstić information content (AvgIpc) is 3.38. The second-order valence-corrected chi connectivity index (χ2v) is 15.4. The zero-order chi connectivity index (χ0) is 33.9. The van der Waals surface area contributed by atoms with Crippen LogP contribution in [0.25, 0.3) is 0 Å². The smallest absolute Gasteiger partial charge is 0.223 e. The van der Waals surface area contributed by atoms with Crippen molar-refractivity contribution >= 4 is 16.3 Å². The monoisotopic (exact) mass is 688 g/mol. The van der Waals surface area contributed by atoms with E-state index >= 15 is 0 Å². The van der Waals surface area contributed by atoms with Crippen molar-refractivity contribution in [3.8, 4) is 0 Å². The van der Waals surface area contributed by atoms with Crippen LogP contribution in [-0.2, 0) is 43.1 Å². The van der Waals surface area contributed by atoms with Gasteiger partial charge in [0, 0.05) is 12.5 Å². The third-order valence-electron chi connectivity index (χ3n) is 11.7. The van der Waals surface area contributed by atoms with Gasteiger partial charge in [-0.3, -0.25) is 8.98 Å². The number of allylic oxidation sites excluding steroid dienone is 1. The molecule has 4 aliphatic rings. The molecule has 4 rings (SSSR count). The molecule has 0 spiro atoms. The zero-order valence-electron chi connectivity index (χ0n) is 28.9. The Balaban J connectivity index is 1.10. The second kappa shape index (κ2) is 18.2. The van der Waals surface area contributed by atoms with Crippen LogP contribution in [0.3, 0.4) is 0 Å². The van der Waals surface area contributed by atoms with E-state index < -0.39 is 16.5 Å². The fourth-order valence-corrected chi connectivity index (χ4v) is 9.91. The van der Waals surface area contributed by atoms with Gasteiger partial charge in [0.05, 0.1) is 78.7 Å². The maximum absolute atomic E-state index is 13.2. The van der Waals surface area contributed by atoms with E-state index in [4.69, 9.17) is 27.9 Å². The van der Waals surface area contributed by atoms with E-state index in [1.165, 1.54) is 5.57 Å². The van der Waals surface area contributed by atoms with Crippen molar-refractivity contribution < 1.29 is 51.4 Å². The van der Waals surface area contributed by atoms with Gasteiger partial charge in [-0.05, 0) is 85.9 Å². The lowest BCUT2D eigenvalue weighted by atomic mass is 9.47. The SMILES string of the molecule is C[C@H](C(=O)NCCOCCOCCOCCOCCOCC[NH3+])[C@H]1CC[C@H]2[C@@H]3CC=C4C[C@@H](OS(=O)(=O)[O-])CC[C@]4(C)[C@H]3CC[C@]12C. The molecule has 0 aromatic rings. The van der Waals surface area contributed by atoms with Crippen molar-refractivity contribution in [3.05, 3.63) is 11.6 Å². The summed E-state index contributed by atoms with van der Waals surface area (Å²) in [6, 6.07) is 0. The molecule has 0 aromatic carbocycles. The summed E-state index contributed by atoms with van der Waals surface area (Å²) in [7, 11) is -4.70. The number of rotatable bonds is 21. The highest BCUT2D eigenvalue weighted by atomic mass is 32.3. The minimum atomic E-state index is -4.70. The number of carbonyl (C=O) groups is 1. The molecule has 13 heteroatoms. The van der Waals surface area contributed by atoms with Crippen molar-refractivity contribution in [1.82, 2.24) is 5.32 Å². The Hall–Kier alpha value is -1.16. The van der Waals surface area contributed by atoms with Gasteiger partial charge in [0.15, 0.2) is 0 Å². The molecule has 0 bridgehead atoms. The van der Waals surface area contributed by atoms with E-state index in [-0.39, 0.29) is 22.7 Å². The van der Waals surface area contributed by atoms with E-state index in [1.54, 1.807) is 0 Å². The molecule has 0 aromatic heterocycles. The highest BCUT2D eigenvalue weighted by Gasteiger charge is 2.59. The molecule has 3 saturated carbocycles. The van der Waals surface area contributed by atoms with E-state index in [9.17, 15) is 17.8 Å². The standard InChI is InChI=1S/C34H60N2O10S/c1-25(32(37)36-13-15-42-17-19-44-21-23-45-22-20-43-18-16-41-14-12-35)29-6-7-30-28-5-4-26-24-27(46-47(38,39)40)8-10-33(26,2)31(28)9-11-34(29,30)3/h4,25,27-31H,5-24,35H2,1-3H3,(H,36,37)(H,38,39,40)/t25-,27-,28-,29+,30-,31-,33-,34+/m0/s1. The maximum Gasteiger partial charge on any atom is 0.223 e. The summed E-state index contributed by atoms with van der Waals surface area (Å²) in [4.78, 5) is 13.2. The van der Waals surface area contributed by atoms with Crippen LogP contribution in [0.2, 0.25) is 0 Å². The molecule has 8 atom stereocenters. The zero-order valence-corrected chi connectivity index (χ0v) is 29.7. The average molecular weight is 689 g/mol. The summed E-state index contributed by atoms with van der Waals surface area (Å²) in [6.45, 7) is 13.3. The predicted molar refractivity (Wildman–Crippen MR) is 174 cm³/mol. The van der Waals surface area contributed by atoms with Crippen LogP contribution >= 0.6 is 0 Å². The molecule has 4 N–H and O–H groups in total. The summed E-state index contributed by atoms with van der Waals surface area (Å²) in [5.41, 5.74) is 5.14. The van der Waals surface area contributed by atoms with Crippen LogP contribution in [0.4, 0.5) is 0 Å². The highest BCUT2D eigenvalue weighted by molar-refractivity contribution is 7.80. The topological polar surface area (TPSA) is 169 Å². The molecule has 4 aliphatic carbocycles. The molecule has 0 aliphatic heterocycles.